The lowest BCUT2D eigenvalue weighted by molar-refractivity contribution is 0.140. The highest BCUT2D eigenvalue weighted by Gasteiger charge is 2.23. The van der Waals surface area contributed by atoms with Gasteiger partial charge in [0.25, 0.3) is 0 Å². The zero-order chi connectivity index (χ0) is 12.2. The molecule has 0 spiro atoms. The molecule has 88 valence electrons. The van der Waals surface area contributed by atoms with Gasteiger partial charge in [-0.25, -0.2) is 4.18 Å². The summed E-state index contributed by atoms with van der Waals surface area (Å²) in [5.41, 5.74) is 0. The van der Waals surface area contributed by atoms with E-state index in [0.717, 1.165) is 0 Å². The van der Waals surface area contributed by atoms with Gasteiger partial charge in [-0.15, -0.1) is 4.52 Å². The second-order valence-electron chi connectivity index (χ2n) is 2.47. The number of benzene rings is 1. The Morgan fingerprint density at radius 2 is 1.81 bits per heavy atom. The molecule has 1 rings (SSSR count). The number of rotatable bonds is 5. The zero-order valence-corrected chi connectivity index (χ0v) is 11.0. The van der Waals surface area contributed by atoms with E-state index in [2.05, 4.69) is 8.71 Å². The van der Waals surface area contributed by atoms with Crippen LogP contribution in [0.4, 0.5) is 0 Å². The Labute approximate surface area is 104 Å². The second-order valence-corrected chi connectivity index (χ2v) is 5.29. The van der Waals surface area contributed by atoms with E-state index >= 15 is 0 Å². The van der Waals surface area contributed by atoms with Crippen molar-refractivity contribution >= 4 is 42.0 Å². The van der Waals surface area contributed by atoms with E-state index < -0.39 is 25.6 Å². The molecule has 16 heavy (non-hydrogen) atoms. The van der Waals surface area contributed by atoms with E-state index in [0.29, 0.717) is 0 Å². The maximum absolute atomic E-state index is 11.6. The Kier molecular flexibility index (Phi) is 5.11. The van der Waals surface area contributed by atoms with Crippen LogP contribution in [0.25, 0.3) is 0 Å². The minimum atomic E-state index is -4.12. The van der Waals surface area contributed by atoms with Crippen molar-refractivity contribution in [2.45, 2.75) is 4.90 Å². The molecule has 1 aromatic rings. The van der Waals surface area contributed by atoms with Crippen molar-refractivity contribution < 1.29 is 21.7 Å². The normalized spacial score (nSPS) is 11.9. The van der Waals surface area contributed by atoms with E-state index in [9.17, 15) is 13.0 Å². The molecule has 0 saturated heterocycles. The summed E-state index contributed by atoms with van der Waals surface area (Å²) in [5, 5.41) is -0.117. The molecule has 0 aliphatic heterocycles. The Balaban J connectivity index is 3.03. The zero-order valence-electron chi connectivity index (χ0n) is 7.64. The maximum Gasteiger partial charge on any atom is 0.496 e. The third-order valence-electron chi connectivity index (χ3n) is 1.49. The number of halogens is 2. The van der Waals surface area contributed by atoms with Crippen molar-refractivity contribution in [3.05, 3.63) is 28.2 Å². The fraction of sp³-hybridized carbons (Fsp3) is 0.143. The lowest BCUT2D eigenvalue weighted by atomic mass is 10.4. The lowest BCUT2D eigenvalue weighted by Gasteiger charge is -2.06. The number of hydrogen-bond acceptors (Lipinski definition) is 5. The first kappa shape index (κ1) is 13.8. The highest BCUT2D eigenvalue weighted by molar-refractivity contribution is 7.87. The standard InChI is InChI=1S/C7H6Cl2O5PS/c8-5-2-1-3-6(9)7(5)16(11,12)14-4-13-15-10/h1-3,15H,4H2/q+1. The van der Waals surface area contributed by atoms with E-state index in [1.165, 1.54) is 18.2 Å². The summed E-state index contributed by atoms with van der Waals surface area (Å²) < 4.78 is 41.8. The van der Waals surface area contributed by atoms with Gasteiger partial charge < -0.3 is 0 Å². The molecule has 0 N–H and O–H groups in total. The molecular weight excluding hydrogens is 298 g/mol. The highest BCUT2D eigenvalue weighted by Crippen LogP contribution is 2.30. The van der Waals surface area contributed by atoms with Gasteiger partial charge in [0.15, 0.2) is 0 Å². The summed E-state index contributed by atoms with van der Waals surface area (Å²) >= 11 is 11.4. The van der Waals surface area contributed by atoms with E-state index in [4.69, 9.17) is 23.2 Å². The van der Waals surface area contributed by atoms with Crippen LogP contribution in [-0.4, -0.2) is 15.2 Å². The largest absolute Gasteiger partial charge is 0.496 e. The van der Waals surface area contributed by atoms with Crippen LogP contribution in [0.3, 0.4) is 0 Å². The molecule has 0 bridgehead atoms. The van der Waals surface area contributed by atoms with E-state index in [1.807, 2.05) is 0 Å². The molecule has 0 amide bonds. The van der Waals surface area contributed by atoms with Crippen molar-refractivity contribution in [3.63, 3.8) is 0 Å². The molecule has 1 atom stereocenters. The van der Waals surface area contributed by atoms with Crippen LogP contribution in [0.5, 0.6) is 0 Å². The smallest absolute Gasteiger partial charge is 0.232 e. The second kappa shape index (κ2) is 5.91. The molecule has 0 radical (unpaired) electrons. The predicted molar refractivity (Wildman–Crippen MR) is 59.7 cm³/mol. The SMILES string of the molecule is O=[PH+]OCOS(=O)(=O)c1c(Cl)cccc1Cl. The van der Waals surface area contributed by atoms with E-state index in [-0.39, 0.29) is 14.9 Å². The molecule has 0 saturated carbocycles. The molecule has 0 aliphatic rings. The molecule has 5 nitrogen and oxygen atoms in total. The van der Waals surface area contributed by atoms with Gasteiger partial charge in [0.05, 0.1) is 10.0 Å². The molecule has 1 unspecified atom stereocenters. The maximum atomic E-state index is 11.6. The predicted octanol–water partition coefficient (Wildman–Crippen LogP) is 2.61. The first-order chi connectivity index (χ1) is 7.49. The summed E-state index contributed by atoms with van der Waals surface area (Å²) in [4.78, 5) is -0.337. The first-order valence-electron chi connectivity index (χ1n) is 3.81. The molecular formula is C7H6Cl2O5PS+. The van der Waals surface area contributed by atoms with Gasteiger partial charge in [-0.3, -0.25) is 0 Å². The van der Waals surface area contributed by atoms with Crippen molar-refractivity contribution in [2.75, 3.05) is 6.79 Å². The summed E-state index contributed by atoms with van der Waals surface area (Å²) in [6.07, 6.45) is 0. The van der Waals surface area contributed by atoms with Gasteiger partial charge in [-0.1, -0.05) is 29.3 Å². The monoisotopic (exact) mass is 303 g/mol. The highest BCUT2D eigenvalue weighted by atomic mass is 35.5. The Hall–Kier alpha value is -0.230. The summed E-state index contributed by atoms with van der Waals surface area (Å²) in [6, 6.07) is 4.22. The van der Waals surface area contributed by atoms with Crippen molar-refractivity contribution in [1.82, 2.24) is 0 Å². The van der Waals surface area contributed by atoms with Crippen LogP contribution in [-0.2, 0) is 23.4 Å². The van der Waals surface area contributed by atoms with Crippen LogP contribution < -0.4 is 0 Å². The van der Waals surface area contributed by atoms with Gasteiger partial charge in [0, 0.05) is 0 Å². The fourth-order valence-electron chi connectivity index (χ4n) is 0.892. The quantitative estimate of drug-likeness (QED) is 0.362. The van der Waals surface area contributed by atoms with Gasteiger partial charge in [-0.05, 0) is 16.7 Å². The summed E-state index contributed by atoms with van der Waals surface area (Å²) in [6.45, 7) is -0.661. The lowest BCUT2D eigenvalue weighted by Crippen LogP contribution is -2.08. The minimum Gasteiger partial charge on any atom is -0.232 e. The van der Waals surface area contributed by atoms with Gasteiger partial charge in [0.2, 0.25) is 6.79 Å². The van der Waals surface area contributed by atoms with Crippen LogP contribution >= 0.6 is 31.9 Å². The number of hydrogen-bond donors (Lipinski definition) is 0. The molecule has 0 heterocycles. The summed E-state index contributed by atoms with van der Waals surface area (Å²) in [7, 11) is -5.23. The average Bonchev–Trinajstić information content (AvgIpc) is 2.17. The van der Waals surface area contributed by atoms with Gasteiger partial charge >= 0.3 is 18.8 Å². The minimum absolute atomic E-state index is 0.0583. The Bertz CT molecular complexity index is 469. The average molecular weight is 304 g/mol. The molecule has 0 aromatic heterocycles. The Morgan fingerprint density at radius 3 is 2.31 bits per heavy atom. The van der Waals surface area contributed by atoms with Crippen molar-refractivity contribution in [1.29, 1.82) is 0 Å². The van der Waals surface area contributed by atoms with Gasteiger partial charge in [-0.2, -0.15) is 8.42 Å². The molecule has 0 fully saturated rings. The van der Waals surface area contributed by atoms with Crippen molar-refractivity contribution in [2.24, 2.45) is 0 Å². The van der Waals surface area contributed by atoms with Crippen LogP contribution in [0.15, 0.2) is 23.1 Å². The first-order valence-corrected chi connectivity index (χ1v) is 6.79. The van der Waals surface area contributed by atoms with Crippen LogP contribution in [0, 0.1) is 0 Å². The third kappa shape index (κ3) is 3.38. The summed E-state index contributed by atoms with van der Waals surface area (Å²) in [5.74, 6) is 0. The van der Waals surface area contributed by atoms with Crippen LogP contribution in [0.2, 0.25) is 10.0 Å². The topological polar surface area (TPSA) is 69.7 Å². The van der Waals surface area contributed by atoms with Crippen LogP contribution in [0.1, 0.15) is 0 Å². The Morgan fingerprint density at radius 1 is 1.25 bits per heavy atom. The fourth-order valence-corrected chi connectivity index (χ4v) is 2.95. The molecule has 9 heteroatoms. The molecule has 1 aromatic carbocycles. The van der Waals surface area contributed by atoms with Gasteiger partial charge in [0.1, 0.15) is 4.90 Å². The van der Waals surface area contributed by atoms with E-state index in [1.54, 1.807) is 0 Å². The van der Waals surface area contributed by atoms with Crippen molar-refractivity contribution in [3.8, 4) is 0 Å². The molecule has 0 aliphatic carbocycles. The third-order valence-corrected chi connectivity index (χ3v) is 3.93.